The van der Waals surface area contributed by atoms with Crippen molar-refractivity contribution in [3.8, 4) is 5.69 Å². The fraction of sp³-hybridized carbons (Fsp3) is 0.304. The van der Waals surface area contributed by atoms with Gasteiger partial charge >= 0.3 is 0 Å². The van der Waals surface area contributed by atoms with Crippen LogP contribution in [-0.2, 0) is 11.3 Å². The number of anilines is 1. The van der Waals surface area contributed by atoms with E-state index in [4.69, 9.17) is 4.63 Å². The maximum Gasteiger partial charge on any atom is 0.228 e. The molecule has 1 amide bonds. The van der Waals surface area contributed by atoms with Crippen LogP contribution in [-0.4, -0.2) is 43.8 Å². The molecule has 1 N–H and O–H groups in total. The number of likely N-dealkylation sites (tertiary alicyclic amines) is 1. The average Bonchev–Trinajstić information content (AvgIpc) is 3.43. The normalized spacial score (nSPS) is 17.1. The Kier molecular flexibility index (Phi) is 5.21. The van der Waals surface area contributed by atoms with E-state index in [1.54, 1.807) is 6.20 Å². The molecule has 3 heterocycles. The number of carbonyl (C=O) groups excluding carboxylic acids is 1. The zero-order valence-electron chi connectivity index (χ0n) is 17.4. The van der Waals surface area contributed by atoms with Crippen LogP contribution in [0.4, 0.5) is 5.69 Å². The predicted octanol–water partition coefficient (Wildman–Crippen LogP) is 3.57. The van der Waals surface area contributed by atoms with Gasteiger partial charge in [-0.1, -0.05) is 6.07 Å². The van der Waals surface area contributed by atoms with E-state index in [0.717, 1.165) is 66.3 Å². The van der Waals surface area contributed by atoms with E-state index in [1.165, 1.54) is 0 Å². The van der Waals surface area contributed by atoms with Gasteiger partial charge in [-0.05, 0) is 78.6 Å². The minimum Gasteiger partial charge on any atom is -0.326 e. The van der Waals surface area contributed by atoms with Crippen LogP contribution < -0.4 is 5.32 Å². The summed E-state index contributed by atoms with van der Waals surface area (Å²) in [4.78, 5) is 19.5. The number of carbonyl (C=O) groups is 1. The van der Waals surface area contributed by atoms with Crippen molar-refractivity contribution in [3.63, 3.8) is 0 Å². The van der Waals surface area contributed by atoms with Gasteiger partial charge in [0.1, 0.15) is 16.9 Å². The van der Waals surface area contributed by atoms with E-state index in [-0.39, 0.29) is 11.8 Å². The second kappa shape index (κ2) is 8.31. The smallest absolute Gasteiger partial charge is 0.228 e. The lowest BCUT2D eigenvalue weighted by atomic mass is 9.96. The van der Waals surface area contributed by atoms with Crippen molar-refractivity contribution < 1.29 is 9.42 Å². The Balaban J connectivity index is 1.20. The molecule has 0 bridgehead atoms. The van der Waals surface area contributed by atoms with Crippen molar-refractivity contribution in [1.29, 1.82) is 0 Å². The Morgan fingerprint density at radius 1 is 1.16 bits per heavy atom. The van der Waals surface area contributed by atoms with Crippen LogP contribution in [0.3, 0.4) is 0 Å². The van der Waals surface area contributed by atoms with E-state index in [0.29, 0.717) is 0 Å². The van der Waals surface area contributed by atoms with Crippen molar-refractivity contribution >= 4 is 22.6 Å². The standard InChI is InChI=1S/C23H24N6O2/c1-16-24-10-12-29(16)20-7-5-19(6-8-20)25-23(30)18-3-2-11-28(15-18)14-17-4-9-21-22(13-17)27-31-26-21/h4-10,12-13,18H,2-3,11,14-15H2,1H3,(H,25,30)/t18-/m0/s1. The van der Waals surface area contributed by atoms with Gasteiger partial charge in [-0.25, -0.2) is 9.61 Å². The average molecular weight is 416 g/mol. The first-order valence-corrected chi connectivity index (χ1v) is 10.5. The van der Waals surface area contributed by atoms with Gasteiger partial charge in [0.25, 0.3) is 0 Å². The summed E-state index contributed by atoms with van der Waals surface area (Å²) in [6.07, 6.45) is 5.61. The molecule has 1 aliphatic heterocycles. The van der Waals surface area contributed by atoms with Gasteiger partial charge in [0.05, 0.1) is 5.92 Å². The number of rotatable bonds is 5. The van der Waals surface area contributed by atoms with Crippen LogP contribution in [0.1, 0.15) is 24.2 Å². The van der Waals surface area contributed by atoms with Gasteiger partial charge in [0.2, 0.25) is 5.91 Å². The summed E-state index contributed by atoms with van der Waals surface area (Å²) in [6, 6.07) is 13.8. The number of benzene rings is 2. The molecule has 2 aromatic heterocycles. The first kappa shape index (κ1) is 19.4. The highest BCUT2D eigenvalue weighted by atomic mass is 16.6. The van der Waals surface area contributed by atoms with Crippen LogP contribution in [0.25, 0.3) is 16.7 Å². The molecule has 2 aromatic carbocycles. The summed E-state index contributed by atoms with van der Waals surface area (Å²) < 4.78 is 6.79. The minimum atomic E-state index is -0.0261. The number of amides is 1. The lowest BCUT2D eigenvalue weighted by Gasteiger charge is -2.32. The minimum absolute atomic E-state index is 0.0261. The van der Waals surface area contributed by atoms with Gasteiger partial charge in [-0.3, -0.25) is 9.69 Å². The molecule has 0 unspecified atom stereocenters. The zero-order chi connectivity index (χ0) is 21.2. The van der Waals surface area contributed by atoms with Crippen LogP contribution >= 0.6 is 0 Å². The maximum absolute atomic E-state index is 12.9. The van der Waals surface area contributed by atoms with Crippen LogP contribution in [0.5, 0.6) is 0 Å². The number of nitrogens with one attached hydrogen (secondary N) is 1. The number of fused-ring (bicyclic) bond motifs is 1. The zero-order valence-corrected chi connectivity index (χ0v) is 17.4. The summed E-state index contributed by atoms with van der Waals surface area (Å²) >= 11 is 0. The number of aromatic nitrogens is 4. The molecule has 5 rings (SSSR count). The van der Waals surface area contributed by atoms with Crippen molar-refractivity contribution in [1.82, 2.24) is 24.8 Å². The van der Waals surface area contributed by atoms with Crippen LogP contribution in [0.2, 0.25) is 0 Å². The molecular formula is C23H24N6O2. The summed E-state index contributed by atoms with van der Waals surface area (Å²) in [5, 5.41) is 10.8. The third-order valence-corrected chi connectivity index (χ3v) is 5.84. The van der Waals surface area contributed by atoms with E-state index in [2.05, 4.69) is 25.5 Å². The van der Waals surface area contributed by atoms with E-state index >= 15 is 0 Å². The molecule has 158 valence electrons. The van der Waals surface area contributed by atoms with Crippen LogP contribution in [0.15, 0.2) is 59.5 Å². The largest absolute Gasteiger partial charge is 0.326 e. The van der Waals surface area contributed by atoms with E-state index in [9.17, 15) is 4.79 Å². The van der Waals surface area contributed by atoms with Crippen molar-refractivity contribution in [2.45, 2.75) is 26.3 Å². The van der Waals surface area contributed by atoms with Gasteiger partial charge in [-0.15, -0.1) is 0 Å². The molecule has 0 radical (unpaired) electrons. The SMILES string of the molecule is Cc1nccn1-c1ccc(NC(=O)[C@H]2CCCN(Cc3ccc4nonc4c3)C2)cc1. The second-order valence-corrected chi connectivity index (χ2v) is 8.04. The highest BCUT2D eigenvalue weighted by molar-refractivity contribution is 5.92. The fourth-order valence-corrected chi connectivity index (χ4v) is 4.20. The molecular weight excluding hydrogens is 392 g/mol. The molecule has 4 aromatic rings. The number of nitrogens with zero attached hydrogens (tertiary/aromatic N) is 5. The number of hydrogen-bond donors (Lipinski definition) is 1. The van der Waals surface area contributed by atoms with Gasteiger partial charge < -0.3 is 9.88 Å². The lowest BCUT2D eigenvalue weighted by molar-refractivity contribution is -0.121. The molecule has 0 saturated carbocycles. The van der Waals surface area contributed by atoms with Crippen molar-refractivity contribution in [2.75, 3.05) is 18.4 Å². The second-order valence-electron chi connectivity index (χ2n) is 8.04. The molecule has 1 aliphatic rings. The van der Waals surface area contributed by atoms with Gasteiger partial charge in [0, 0.05) is 36.9 Å². The molecule has 31 heavy (non-hydrogen) atoms. The molecule has 8 heteroatoms. The summed E-state index contributed by atoms with van der Waals surface area (Å²) in [7, 11) is 0. The Morgan fingerprint density at radius 2 is 2.00 bits per heavy atom. The predicted molar refractivity (Wildman–Crippen MR) is 117 cm³/mol. The summed E-state index contributed by atoms with van der Waals surface area (Å²) in [6.45, 7) is 4.47. The Labute approximate surface area is 179 Å². The number of aryl methyl sites for hydroxylation is 1. The first-order valence-electron chi connectivity index (χ1n) is 10.5. The quantitative estimate of drug-likeness (QED) is 0.535. The number of imidazole rings is 1. The first-order chi connectivity index (χ1) is 15.2. The van der Waals surface area contributed by atoms with Gasteiger partial charge in [0.15, 0.2) is 0 Å². The monoisotopic (exact) mass is 416 g/mol. The number of piperidine rings is 1. The van der Waals surface area contributed by atoms with E-state index in [1.807, 2.05) is 60.2 Å². The topological polar surface area (TPSA) is 89.1 Å². The highest BCUT2D eigenvalue weighted by Gasteiger charge is 2.26. The Bertz CT molecular complexity index is 1200. The highest BCUT2D eigenvalue weighted by Crippen LogP contribution is 2.22. The summed E-state index contributed by atoms with van der Waals surface area (Å²) in [5.41, 5.74) is 4.50. The third kappa shape index (κ3) is 4.20. The fourth-order valence-electron chi connectivity index (χ4n) is 4.20. The van der Waals surface area contributed by atoms with Crippen molar-refractivity contribution in [3.05, 3.63) is 66.2 Å². The number of hydrogen-bond acceptors (Lipinski definition) is 6. The van der Waals surface area contributed by atoms with Crippen LogP contribution in [0, 0.1) is 12.8 Å². The van der Waals surface area contributed by atoms with Gasteiger partial charge in [-0.2, -0.15) is 0 Å². The summed E-state index contributed by atoms with van der Waals surface area (Å²) in [5.74, 6) is 0.979. The molecule has 0 spiro atoms. The molecule has 0 aliphatic carbocycles. The Morgan fingerprint density at radius 3 is 2.81 bits per heavy atom. The molecule has 1 fully saturated rings. The third-order valence-electron chi connectivity index (χ3n) is 5.84. The molecule has 8 nitrogen and oxygen atoms in total. The molecule has 1 saturated heterocycles. The maximum atomic E-state index is 12.9. The molecule has 1 atom stereocenters. The Hall–Kier alpha value is -3.52. The lowest BCUT2D eigenvalue weighted by Crippen LogP contribution is -2.40. The van der Waals surface area contributed by atoms with E-state index < -0.39 is 0 Å². The van der Waals surface area contributed by atoms with Crippen molar-refractivity contribution in [2.24, 2.45) is 5.92 Å².